The lowest BCUT2D eigenvalue weighted by atomic mass is 10.1. The molecule has 0 unspecified atom stereocenters. The van der Waals surface area contributed by atoms with Gasteiger partial charge in [0.25, 0.3) is 5.91 Å². The summed E-state index contributed by atoms with van der Waals surface area (Å²) in [6.45, 7) is 4.52. The van der Waals surface area contributed by atoms with E-state index in [-0.39, 0.29) is 24.7 Å². The molecule has 4 rings (SSSR count). The molecule has 29 heavy (non-hydrogen) atoms. The van der Waals surface area contributed by atoms with E-state index in [0.29, 0.717) is 35.3 Å². The number of carbonyl (C=O) groups excluding carboxylic acids is 2. The molecule has 1 aliphatic rings. The van der Waals surface area contributed by atoms with Gasteiger partial charge in [0.05, 0.1) is 23.2 Å². The maximum Gasteiger partial charge on any atom is 0.338 e. The van der Waals surface area contributed by atoms with Crippen LogP contribution >= 0.6 is 0 Å². The number of amides is 1. The van der Waals surface area contributed by atoms with Gasteiger partial charge in [-0.1, -0.05) is 35.5 Å². The summed E-state index contributed by atoms with van der Waals surface area (Å²) in [6.07, 6.45) is -0.0726. The largest absolute Gasteiger partial charge is 0.452 e. The van der Waals surface area contributed by atoms with Crippen LogP contribution in [-0.4, -0.2) is 53.8 Å². The second-order valence-electron chi connectivity index (χ2n) is 7.24. The summed E-state index contributed by atoms with van der Waals surface area (Å²) in [4.78, 5) is 26.6. The molecule has 2 heterocycles. The van der Waals surface area contributed by atoms with E-state index in [0.717, 1.165) is 5.56 Å². The molecule has 1 amide bonds. The summed E-state index contributed by atoms with van der Waals surface area (Å²) in [5.74, 6) is -0.200. The first-order valence-electron chi connectivity index (χ1n) is 9.56. The van der Waals surface area contributed by atoms with E-state index in [1.54, 1.807) is 23.1 Å². The Balaban J connectivity index is 1.47. The minimum absolute atomic E-state index is 0.0363. The fourth-order valence-corrected chi connectivity index (χ4v) is 3.55. The van der Waals surface area contributed by atoms with Crippen molar-refractivity contribution in [1.29, 1.82) is 0 Å². The van der Waals surface area contributed by atoms with Crippen LogP contribution in [0.3, 0.4) is 0 Å². The fraction of sp³-hybridized carbons (Fsp3) is 0.318. The number of aromatic nitrogens is 1. The molecule has 2 aromatic carbocycles. The third-order valence-electron chi connectivity index (χ3n) is 4.85. The second kappa shape index (κ2) is 8.05. The fourth-order valence-electron chi connectivity index (χ4n) is 3.55. The number of benzene rings is 2. The average molecular weight is 394 g/mol. The molecule has 1 fully saturated rings. The molecule has 3 aromatic rings. The van der Waals surface area contributed by atoms with E-state index in [1.807, 2.05) is 44.2 Å². The molecule has 1 aromatic heterocycles. The molecule has 0 saturated carbocycles. The maximum absolute atomic E-state index is 12.5. The van der Waals surface area contributed by atoms with Gasteiger partial charge in [0, 0.05) is 18.7 Å². The van der Waals surface area contributed by atoms with Crippen LogP contribution in [0.2, 0.25) is 0 Å². The molecule has 7 heteroatoms. The van der Waals surface area contributed by atoms with Gasteiger partial charge in [-0.2, -0.15) is 0 Å². The average Bonchev–Trinajstić information content (AvgIpc) is 3.15. The van der Waals surface area contributed by atoms with Gasteiger partial charge >= 0.3 is 5.97 Å². The molecule has 0 spiro atoms. The van der Waals surface area contributed by atoms with Gasteiger partial charge in [-0.3, -0.25) is 4.79 Å². The highest BCUT2D eigenvalue weighted by atomic mass is 16.5. The third kappa shape index (κ3) is 4.14. The minimum atomic E-state index is -0.560. The van der Waals surface area contributed by atoms with Crippen molar-refractivity contribution < 1.29 is 23.6 Å². The standard InChI is InChI=1S/C22H22N2O5/c1-14-11-24(12-15(2)28-14)20(25)13-27-22(26)17-8-9-19-18(10-17)21(29-23-19)16-6-4-3-5-7-16/h3-10,14-15H,11-13H2,1-2H3/t14-,15-/m1/s1. The van der Waals surface area contributed by atoms with E-state index in [4.69, 9.17) is 14.0 Å². The highest BCUT2D eigenvalue weighted by Gasteiger charge is 2.26. The van der Waals surface area contributed by atoms with Crippen molar-refractivity contribution in [3.05, 3.63) is 54.1 Å². The van der Waals surface area contributed by atoms with Crippen molar-refractivity contribution in [1.82, 2.24) is 10.1 Å². The predicted molar refractivity (Wildman–Crippen MR) is 106 cm³/mol. The first-order chi connectivity index (χ1) is 14.0. The van der Waals surface area contributed by atoms with Crippen molar-refractivity contribution in [3.63, 3.8) is 0 Å². The Labute approximate surface area is 168 Å². The van der Waals surface area contributed by atoms with Crippen LogP contribution in [-0.2, 0) is 14.3 Å². The number of fused-ring (bicyclic) bond motifs is 1. The summed E-state index contributed by atoms with van der Waals surface area (Å²) < 4.78 is 16.3. The van der Waals surface area contributed by atoms with E-state index in [1.165, 1.54) is 0 Å². The number of rotatable bonds is 4. The molecular formula is C22H22N2O5. The van der Waals surface area contributed by atoms with Gasteiger partial charge in [-0.05, 0) is 32.0 Å². The van der Waals surface area contributed by atoms with Crippen molar-refractivity contribution in [2.24, 2.45) is 0 Å². The minimum Gasteiger partial charge on any atom is -0.452 e. The zero-order valence-electron chi connectivity index (χ0n) is 16.3. The summed E-state index contributed by atoms with van der Waals surface area (Å²) >= 11 is 0. The Bertz CT molecular complexity index is 1020. The molecule has 1 aliphatic heterocycles. The van der Waals surface area contributed by atoms with E-state index >= 15 is 0 Å². The second-order valence-corrected chi connectivity index (χ2v) is 7.24. The smallest absolute Gasteiger partial charge is 0.338 e. The van der Waals surface area contributed by atoms with Crippen molar-refractivity contribution in [2.75, 3.05) is 19.7 Å². The van der Waals surface area contributed by atoms with Crippen LogP contribution in [0.5, 0.6) is 0 Å². The zero-order valence-corrected chi connectivity index (χ0v) is 16.3. The lowest BCUT2D eigenvalue weighted by molar-refractivity contribution is -0.146. The van der Waals surface area contributed by atoms with Gasteiger partial charge < -0.3 is 18.9 Å². The Hall–Kier alpha value is -3.19. The number of morpholine rings is 1. The van der Waals surface area contributed by atoms with E-state index < -0.39 is 5.97 Å². The van der Waals surface area contributed by atoms with Crippen molar-refractivity contribution in [3.8, 4) is 11.3 Å². The Kier molecular flexibility index (Phi) is 5.31. The number of hydrogen-bond donors (Lipinski definition) is 0. The van der Waals surface area contributed by atoms with Crippen LogP contribution in [0.25, 0.3) is 22.2 Å². The Morgan fingerprint density at radius 2 is 1.83 bits per heavy atom. The maximum atomic E-state index is 12.5. The van der Waals surface area contributed by atoms with Gasteiger partial charge in [0.15, 0.2) is 12.4 Å². The summed E-state index contributed by atoms with van der Waals surface area (Å²) in [5, 5.41) is 4.76. The van der Waals surface area contributed by atoms with E-state index in [2.05, 4.69) is 5.16 Å². The highest BCUT2D eigenvalue weighted by Crippen LogP contribution is 2.29. The molecule has 150 valence electrons. The van der Waals surface area contributed by atoms with Crippen LogP contribution in [0, 0.1) is 0 Å². The Morgan fingerprint density at radius 1 is 1.10 bits per heavy atom. The Morgan fingerprint density at radius 3 is 2.55 bits per heavy atom. The molecule has 0 bridgehead atoms. The van der Waals surface area contributed by atoms with Crippen LogP contribution in [0.1, 0.15) is 24.2 Å². The van der Waals surface area contributed by atoms with Crippen molar-refractivity contribution >= 4 is 22.8 Å². The summed E-state index contributed by atoms with van der Waals surface area (Å²) in [6, 6.07) is 14.5. The molecule has 0 aliphatic carbocycles. The predicted octanol–water partition coefficient (Wildman–Crippen LogP) is 3.29. The molecule has 0 radical (unpaired) electrons. The SMILES string of the molecule is C[C@@H]1CN(C(=O)COC(=O)c2ccc3noc(-c4ccccc4)c3c2)C[C@@H](C)O1. The van der Waals surface area contributed by atoms with Gasteiger partial charge in [-0.25, -0.2) is 4.79 Å². The van der Waals surface area contributed by atoms with Crippen molar-refractivity contribution in [2.45, 2.75) is 26.1 Å². The number of hydrogen-bond acceptors (Lipinski definition) is 6. The van der Waals surface area contributed by atoms with Crippen LogP contribution < -0.4 is 0 Å². The lowest BCUT2D eigenvalue weighted by Gasteiger charge is -2.35. The number of esters is 1. The normalized spacial score (nSPS) is 19.3. The zero-order chi connectivity index (χ0) is 20.4. The topological polar surface area (TPSA) is 81.9 Å². The number of nitrogens with zero attached hydrogens (tertiary/aromatic N) is 2. The molecule has 2 atom stereocenters. The molecule has 0 N–H and O–H groups in total. The first-order valence-corrected chi connectivity index (χ1v) is 9.56. The number of carbonyl (C=O) groups is 2. The van der Waals surface area contributed by atoms with Gasteiger partial charge in [0.2, 0.25) is 0 Å². The third-order valence-corrected chi connectivity index (χ3v) is 4.85. The van der Waals surface area contributed by atoms with Crippen LogP contribution in [0.15, 0.2) is 53.1 Å². The van der Waals surface area contributed by atoms with Crippen LogP contribution in [0.4, 0.5) is 0 Å². The van der Waals surface area contributed by atoms with E-state index in [9.17, 15) is 9.59 Å². The highest BCUT2D eigenvalue weighted by molar-refractivity contribution is 5.99. The monoisotopic (exact) mass is 394 g/mol. The lowest BCUT2D eigenvalue weighted by Crippen LogP contribution is -2.49. The molecule has 7 nitrogen and oxygen atoms in total. The summed E-state index contributed by atoms with van der Waals surface area (Å²) in [7, 11) is 0. The van der Waals surface area contributed by atoms with Gasteiger partial charge in [-0.15, -0.1) is 0 Å². The quantitative estimate of drug-likeness (QED) is 0.632. The van der Waals surface area contributed by atoms with Gasteiger partial charge in [0.1, 0.15) is 5.52 Å². The first kappa shape index (κ1) is 19.1. The summed E-state index contributed by atoms with van der Waals surface area (Å²) in [5.41, 5.74) is 1.86. The number of ether oxygens (including phenoxy) is 2. The molecule has 1 saturated heterocycles. The molecular weight excluding hydrogens is 372 g/mol.